The zero-order chi connectivity index (χ0) is 11.4. The summed E-state index contributed by atoms with van der Waals surface area (Å²) in [6, 6.07) is 6.68. The van der Waals surface area contributed by atoms with Crippen LogP contribution in [-0.4, -0.2) is 26.1 Å². The van der Waals surface area contributed by atoms with E-state index in [0.717, 1.165) is 5.69 Å². The van der Waals surface area contributed by atoms with Crippen molar-refractivity contribution in [3.63, 3.8) is 0 Å². The minimum Gasteiger partial charge on any atom is -0.425 e. The fourth-order valence-corrected chi connectivity index (χ4v) is 1.03. The summed E-state index contributed by atoms with van der Waals surface area (Å²) in [5.41, 5.74) is 6.37. The van der Waals surface area contributed by atoms with Crippen molar-refractivity contribution in [3.05, 3.63) is 24.3 Å². The van der Waals surface area contributed by atoms with E-state index >= 15 is 0 Å². The minimum absolute atomic E-state index is 0.425. The van der Waals surface area contributed by atoms with E-state index in [1.54, 1.807) is 19.1 Å². The van der Waals surface area contributed by atoms with E-state index in [1.807, 2.05) is 31.1 Å². The summed E-state index contributed by atoms with van der Waals surface area (Å²) in [4.78, 5) is 13.2. The number of esters is 1. The highest BCUT2D eigenvalue weighted by molar-refractivity contribution is 5.77. The van der Waals surface area contributed by atoms with E-state index in [2.05, 4.69) is 0 Å². The molecule has 0 heterocycles. The summed E-state index contributed by atoms with van der Waals surface area (Å²) in [7, 11) is 3.85. The Morgan fingerprint density at radius 2 is 2.13 bits per heavy atom. The SMILES string of the molecule is CC(N)C(=O)Oc1cccc(N(C)C)c1. The standard InChI is InChI=1S/C11H16N2O2/c1-8(12)11(14)15-10-6-4-5-9(7-10)13(2)3/h4-8H,12H2,1-3H3. The lowest BCUT2D eigenvalue weighted by molar-refractivity contribution is -0.135. The van der Waals surface area contributed by atoms with Crippen molar-refractivity contribution >= 4 is 11.7 Å². The lowest BCUT2D eigenvalue weighted by Gasteiger charge is -2.13. The van der Waals surface area contributed by atoms with Crippen molar-refractivity contribution in [1.29, 1.82) is 0 Å². The van der Waals surface area contributed by atoms with Gasteiger partial charge in [-0.1, -0.05) is 6.07 Å². The first kappa shape index (κ1) is 11.5. The van der Waals surface area contributed by atoms with Crippen molar-refractivity contribution < 1.29 is 9.53 Å². The summed E-state index contributed by atoms with van der Waals surface area (Å²) >= 11 is 0. The fraction of sp³-hybridized carbons (Fsp3) is 0.364. The molecule has 0 saturated carbocycles. The van der Waals surface area contributed by atoms with Gasteiger partial charge in [0.25, 0.3) is 0 Å². The molecule has 0 fully saturated rings. The fourth-order valence-electron chi connectivity index (χ4n) is 1.03. The average molecular weight is 208 g/mol. The average Bonchev–Trinajstić information content (AvgIpc) is 2.18. The van der Waals surface area contributed by atoms with Crippen LogP contribution in [0.2, 0.25) is 0 Å². The smallest absolute Gasteiger partial charge is 0.328 e. The summed E-state index contributed by atoms with van der Waals surface area (Å²) in [6.45, 7) is 1.60. The van der Waals surface area contributed by atoms with Crippen LogP contribution < -0.4 is 15.4 Å². The highest BCUT2D eigenvalue weighted by atomic mass is 16.5. The van der Waals surface area contributed by atoms with Gasteiger partial charge in [0.2, 0.25) is 0 Å². The van der Waals surface area contributed by atoms with Gasteiger partial charge in [-0.05, 0) is 19.1 Å². The Morgan fingerprint density at radius 3 is 2.67 bits per heavy atom. The molecule has 0 bridgehead atoms. The van der Waals surface area contributed by atoms with Crippen LogP contribution >= 0.6 is 0 Å². The molecule has 1 aromatic carbocycles. The lowest BCUT2D eigenvalue weighted by Crippen LogP contribution is -2.30. The van der Waals surface area contributed by atoms with E-state index in [0.29, 0.717) is 5.75 Å². The maximum atomic E-state index is 11.2. The number of nitrogens with zero attached hydrogens (tertiary/aromatic N) is 1. The van der Waals surface area contributed by atoms with Gasteiger partial charge in [-0.2, -0.15) is 0 Å². The molecule has 0 aliphatic rings. The Bertz CT molecular complexity index is 348. The Kier molecular flexibility index (Phi) is 3.68. The lowest BCUT2D eigenvalue weighted by atomic mass is 10.3. The van der Waals surface area contributed by atoms with Crippen molar-refractivity contribution in [1.82, 2.24) is 0 Å². The quantitative estimate of drug-likeness (QED) is 0.595. The number of anilines is 1. The number of rotatable bonds is 3. The largest absolute Gasteiger partial charge is 0.425 e. The number of hydrogen-bond donors (Lipinski definition) is 1. The normalized spacial score (nSPS) is 12.0. The second kappa shape index (κ2) is 4.79. The van der Waals surface area contributed by atoms with Crippen molar-refractivity contribution in [2.45, 2.75) is 13.0 Å². The Hall–Kier alpha value is -1.55. The third kappa shape index (κ3) is 3.25. The van der Waals surface area contributed by atoms with Crippen LogP contribution in [0.5, 0.6) is 5.75 Å². The molecule has 0 spiro atoms. The molecule has 0 amide bonds. The van der Waals surface area contributed by atoms with Gasteiger partial charge < -0.3 is 15.4 Å². The molecule has 1 aromatic rings. The molecule has 0 saturated heterocycles. The number of carbonyl (C=O) groups excluding carboxylic acids is 1. The molecule has 0 aromatic heterocycles. The maximum Gasteiger partial charge on any atom is 0.328 e. The van der Waals surface area contributed by atoms with Gasteiger partial charge in [0.1, 0.15) is 11.8 Å². The first-order valence-corrected chi connectivity index (χ1v) is 4.75. The molecular formula is C11H16N2O2. The molecule has 1 unspecified atom stereocenters. The summed E-state index contributed by atoms with van der Waals surface area (Å²) < 4.78 is 5.08. The Balaban J connectivity index is 2.78. The third-order valence-electron chi connectivity index (χ3n) is 1.92. The zero-order valence-electron chi connectivity index (χ0n) is 9.23. The predicted molar refractivity (Wildman–Crippen MR) is 60.1 cm³/mol. The first-order chi connectivity index (χ1) is 7.00. The molecule has 1 rings (SSSR count). The second-order valence-electron chi connectivity index (χ2n) is 3.60. The summed E-state index contributed by atoms with van der Waals surface area (Å²) in [5, 5.41) is 0. The van der Waals surface area contributed by atoms with Gasteiger partial charge in [0.05, 0.1) is 0 Å². The van der Waals surface area contributed by atoms with Crippen LogP contribution in [0.15, 0.2) is 24.3 Å². The topological polar surface area (TPSA) is 55.6 Å². The van der Waals surface area contributed by atoms with Gasteiger partial charge in [-0.15, -0.1) is 0 Å². The van der Waals surface area contributed by atoms with Crippen molar-refractivity contribution in [2.75, 3.05) is 19.0 Å². The monoisotopic (exact) mass is 208 g/mol. The van der Waals surface area contributed by atoms with Crippen molar-refractivity contribution in [3.8, 4) is 5.75 Å². The van der Waals surface area contributed by atoms with Gasteiger partial charge in [0.15, 0.2) is 0 Å². The molecule has 4 heteroatoms. The molecule has 82 valence electrons. The van der Waals surface area contributed by atoms with E-state index in [4.69, 9.17) is 10.5 Å². The molecule has 0 aliphatic carbocycles. The molecule has 4 nitrogen and oxygen atoms in total. The van der Waals surface area contributed by atoms with Crippen LogP contribution in [-0.2, 0) is 4.79 Å². The Morgan fingerprint density at radius 1 is 1.47 bits per heavy atom. The number of hydrogen-bond acceptors (Lipinski definition) is 4. The molecular weight excluding hydrogens is 192 g/mol. The van der Waals surface area contributed by atoms with Crippen LogP contribution in [0.1, 0.15) is 6.92 Å². The zero-order valence-corrected chi connectivity index (χ0v) is 9.23. The van der Waals surface area contributed by atoms with Gasteiger partial charge >= 0.3 is 5.97 Å². The summed E-state index contributed by atoms with van der Waals surface area (Å²) in [6.07, 6.45) is 0. The van der Waals surface area contributed by atoms with E-state index in [-0.39, 0.29) is 0 Å². The number of carbonyl (C=O) groups is 1. The third-order valence-corrected chi connectivity index (χ3v) is 1.92. The minimum atomic E-state index is -0.604. The van der Waals surface area contributed by atoms with Crippen LogP contribution in [0.3, 0.4) is 0 Å². The molecule has 1 atom stereocenters. The number of ether oxygens (including phenoxy) is 1. The Labute approximate surface area is 89.6 Å². The number of benzene rings is 1. The van der Waals surface area contributed by atoms with Crippen molar-refractivity contribution in [2.24, 2.45) is 5.73 Å². The van der Waals surface area contributed by atoms with Crippen LogP contribution in [0.25, 0.3) is 0 Å². The van der Waals surface area contributed by atoms with Crippen LogP contribution in [0.4, 0.5) is 5.69 Å². The molecule has 0 radical (unpaired) electrons. The molecule has 2 N–H and O–H groups in total. The van der Waals surface area contributed by atoms with E-state index in [1.165, 1.54) is 0 Å². The number of nitrogens with two attached hydrogens (primary N) is 1. The summed E-state index contributed by atoms with van der Waals surface area (Å²) in [5.74, 6) is 0.0920. The van der Waals surface area contributed by atoms with E-state index in [9.17, 15) is 4.79 Å². The maximum absolute atomic E-state index is 11.2. The second-order valence-corrected chi connectivity index (χ2v) is 3.60. The van der Waals surface area contributed by atoms with E-state index < -0.39 is 12.0 Å². The first-order valence-electron chi connectivity index (χ1n) is 4.75. The van der Waals surface area contributed by atoms with Crippen LogP contribution in [0, 0.1) is 0 Å². The molecule has 0 aliphatic heterocycles. The molecule has 15 heavy (non-hydrogen) atoms. The van der Waals surface area contributed by atoms with Gasteiger partial charge in [-0.25, -0.2) is 4.79 Å². The van der Waals surface area contributed by atoms with Gasteiger partial charge in [0, 0.05) is 25.8 Å². The highest BCUT2D eigenvalue weighted by Crippen LogP contribution is 2.19. The predicted octanol–water partition coefficient (Wildman–Crippen LogP) is 1.01. The van der Waals surface area contributed by atoms with Gasteiger partial charge in [-0.3, -0.25) is 0 Å². The highest BCUT2D eigenvalue weighted by Gasteiger charge is 2.10.